The van der Waals surface area contributed by atoms with E-state index in [9.17, 15) is 0 Å². The number of aryl methyl sites for hydroxylation is 1. The summed E-state index contributed by atoms with van der Waals surface area (Å²) in [7, 11) is 0. The number of H-pyrrole nitrogens is 1. The molecule has 1 N–H and O–H groups in total. The summed E-state index contributed by atoms with van der Waals surface area (Å²) in [6.45, 7) is 0. The van der Waals surface area contributed by atoms with Crippen molar-refractivity contribution in [1.82, 2.24) is 9.97 Å². The van der Waals surface area contributed by atoms with Gasteiger partial charge in [0.25, 0.3) is 0 Å². The van der Waals surface area contributed by atoms with Gasteiger partial charge in [-0.15, -0.1) is 11.3 Å². The summed E-state index contributed by atoms with van der Waals surface area (Å²) in [5.74, 6) is 0.871. The highest BCUT2D eigenvalue weighted by Crippen LogP contribution is 2.28. The maximum absolute atomic E-state index is 8.46. The van der Waals surface area contributed by atoms with E-state index in [1.54, 1.807) is 11.3 Å². The quantitative estimate of drug-likeness (QED) is 0.938. The first-order chi connectivity index (χ1) is 7.29. The molecule has 2 aromatic rings. The standard InChI is InChI=1S/C10H8BrN3S/c11-7-4-9(15-6-7)8-5-13-10(14-8)2-1-3-12/h4-6H,1-2H2,(H,13,14). The third kappa shape index (κ3) is 2.46. The number of hydrogen-bond acceptors (Lipinski definition) is 3. The molecule has 0 radical (unpaired) electrons. The molecule has 0 amide bonds. The van der Waals surface area contributed by atoms with E-state index in [0.29, 0.717) is 12.8 Å². The van der Waals surface area contributed by atoms with Crippen molar-refractivity contribution in [3.8, 4) is 16.6 Å². The molecule has 76 valence electrons. The van der Waals surface area contributed by atoms with Gasteiger partial charge in [0.15, 0.2) is 0 Å². The highest BCUT2D eigenvalue weighted by molar-refractivity contribution is 9.10. The number of aromatic nitrogens is 2. The Morgan fingerprint density at radius 3 is 3.13 bits per heavy atom. The molecule has 2 aromatic heterocycles. The van der Waals surface area contributed by atoms with E-state index in [1.165, 1.54) is 0 Å². The molecule has 0 atom stereocenters. The normalized spacial score (nSPS) is 10.1. The van der Waals surface area contributed by atoms with Crippen LogP contribution in [0.25, 0.3) is 10.6 Å². The highest BCUT2D eigenvalue weighted by Gasteiger charge is 2.05. The zero-order valence-corrected chi connectivity index (χ0v) is 10.2. The van der Waals surface area contributed by atoms with Crippen LogP contribution in [-0.2, 0) is 6.42 Å². The van der Waals surface area contributed by atoms with Gasteiger partial charge in [-0.2, -0.15) is 5.26 Å². The first-order valence-electron chi connectivity index (χ1n) is 4.45. The highest BCUT2D eigenvalue weighted by atomic mass is 79.9. The lowest BCUT2D eigenvalue weighted by molar-refractivity contribution is 0.918. The number of imidazole rings is 1. The van der Waals surface area contributed by atoms with Gasteiger partial charge in [-0.3, -0.25) is 0 Å². The minimum Gasteiger partial charge on any atom is -0.341 e. The molecule has 0 fully saturated rings. The summed E-state index contributed by atoms with van der Waals surface area (Å²) in [4.78, 5) is 8.58. The van der Waals surface area contributed by atoms with Crippen molar-refractivity contribution in [3.05, 3.63) is 27.9 Å². The van der Waals surface area contributed by atoms with Gasteiger partial charge in [0, 0.05) is 22.7 Å². The van der Waals surface area contributed by atoms with Crippen molar-refractivity contribution < 1.29 is 0 Å². The molecule has 0 aromatic carbocycles. The number of thiophene rings is 1. The predicted octanol–water partition coefficient (Wildman–Crippen LogP) is 3.36. The molecule has 0 saturated heterocycles. The van der Waals surface area contributed by atoms with Crippen molar-refractivity contribution in [2.24, 2.45) is 0 Å². The van der Waals surface area contributed by atoms with E-state index in [2.05, 4.69) is 32.0 Å². The van der Waals surface area contributed by atoms with E-state index in [-0.39, 0.29) is 0 Å². The molecule has 2 rings (SSSR count). The number of nitrogens with zero attached hydrogens (tertiary/aromatic N) is 2. The SMILES string of the molecule is N#CCCc1ncc(-c2cc(Br)cs2)[nH]1. The fourth-order valence-electron chi connectivity index (χ4n) is 1.24. The lowest BCUT2D eigenvalue weighted by Crippen LogP contribution is -1.85. The largest absolute Gasteiger partial charge is 0.341 e. The molecule has 2 heterocycles. The summed E-state index contributed by atoms with van der Waals surface area (Å²) in [5.41, 5.74) is 1.01. The van der Waals surface area contributed by atoms with E-state index < -0.39 is 0 Å². The predicted molar refractivity (Wildman–Crippen MR) is 63.5 cm³/mol. The van der Waals surface area contributed by atoms with Crippen LogP contribution in [0.4, 0.5) is 0 Å². The van der Waals surface area contributed by atoms with Crippen molar-refractivity contribution in [2.75, 3.05) is 0 Å². The molecule has 5 heteroatoms. The molecule has 15 heavy (non-hydrogen) atoms. The van der Waals surface area contributed by atoms with Gasteiger partial charge in [-0.05, 0) is 22.0 Å². The lowest BCUT2D eigenvalue weighted by Gasteiger charge is -1.90. The Morgan fingerprint density at radius 1 is 1.60 bits per heavy atom. The number of nitrogens with one attached hydrogen (secondary N) is 1. The van der Waals surface area contributed by atoms with Gasteiger partial charge in [0.05, 0.1) is 22.8 Å². The lowest BCUT2D eigenvalue weighted by atomic mass is 10.3. The number of aromatic amines is 1. The van der Waals surface area contributed by atoms with E-state index in [1.807, 2.05) is 17.6 Å². The maximum atomic E-state index is 8.46. The van der Waals surface area contributed by atoms with Crippen LogP contribution in [0.1, 0.15) is 12.2 Å². The summed E-state index contributed by atoms with van der Waals surface area (Å²) in [5, 5.41) is 10.5. The molecule has 0 aliphatic heterocycles. The van der Waals surface area contributed by atoms with Crippen LogP contribution in [-0.4, -0.2) is 9.97 Å². The Balaban J connectivity index is 2.17. The van der Waals surface area contributed by atoms with Gasteiger partial charge in [0.2, 0.25) is 0 Å². The molecule has 0 unspecified atom stereocenters. The monoisotopic (exact) mass is 281 g/mol. The van der Waals surface area contributed by atoms with Gasteiger partial charge in [-0.25, -0.2) is 4.98 Å². The average Bonchev–Trinajstić information content (AvgIpc) is 2.83. The zero-order valence-electron chi connectivity index (χ0n) is 7.83. The second-order valence-corrected chi connectivity index (χ2v) is 4.86. The van der Waals surface area contributed by atoms with E-state index in [0.717, 1.165) is 20.9 Å². The van der Waals surface area contributed by atoms with Crippen molar-refractivity contribution >= 4 is 27.3 Å². The van der Waals surface area contributed by atoms with E-state index >= 15 is 0 Å². The van der Waals surface area contributed by atoms with Gasteiger partial charge in [0.1, 0.15) is 5.82 Å². The summed E-state index contributed by atoms with van der Waals surface area (Å²) in [6.07, 6.45) is 3.00. The summed E-state index contributed by atoms with van der Waals surface area (Å²) in [6, 6.07) is 4.15. The molecule has 0 aliphatic carbocycles. The Bertz CT molecular complexity index is 495. The number of halogens is 1. The van der Waals surface area contributed by atoms with Crippen molar-refractivity contribution in [3.63, 3.8) is 0 Å². The summed E-state index contributed by atoms with van der Waals surface area (Å²) >= 11 is 5.07. The summed E-state index contributed by atoms with van der Waals surface area (Å²) < 4.78 is 1.08. The third-order valence-electron chi connectivity index (χ3n) is 1.93. The molecule has 0 aliphatic rings. The Labute approximate surface area is 99.9 Å². The van der Waals surface area contributed by atoms with Gasteiger partial charge >= 0.3 is 0 Å². The second-order valence-electron chi connectivity index (χ2n) is 3.03. The smallest absolute Gasteiger partial charge is 0.107 e. The van der Waals surface area contributed by atoms with Crippen LogP contribution in [0, 0.1) is 11.3 Å². The first-order valence-corrected chi connectivity index (χ1v) is 6.12. The van der Waals surface area contributed by atoms with Crippen LogP contribution in [0.5, 0.6) is 0 Å². The molecular weight excluding hydrogens is 274 g/mol. The minimum absolute atomic E-state index is 0.501. The molecule has 0 spiro atoms. The van der Waals surface area contributed by atoms with Gasteiger partial charge in [-0.1, -0.05) is 0 Å². The number of nitriles is 1. The topological polar surface area (TPSA) is 52.5 Å². The first kappa shape index (κ1) is 10.4. The minimum atomic E-state index is 0.501. The Morgan fingerprint density at radius 2 is 2.47 bits per heavy atom. The van der Waals surface area contributed by atoms with Crippen LogP contribution >= 0.6 is 27.3 Å². The fourth-order valence-corrected chi connectivity index (χ4v) is 2.64. The van der Waals surface area contributed by atoms with E-state index in [4.69, 9.17) is 5.26 Å². The molecule has 3 nitrogen and oxygen atoms in total. The van der Waals surface area contributed by atoms with Crippen LogP contribution in [0.3, 0.4) is 0 Å². The van der Waals surface area contributed by atoms with Crippen LogP contribution in [0.2, 0.25) is 0 Å². The second kappa shape index (κ2) is 4.60. The van der Waals surface area contributed by atoms with Crippen LogP contribution < -0.4 is 0 Å². The average molecular weight is 282 g/mol. The zero-order chi connectivity index (χ0) is 10.7. The van der Waals surface area contributed by atoms with Gasteiger partial charge < -0.3 is 4.98 Å². The molecule has 0 saturated carbocycles. The Hall–Kier alpha value is -1.12. The number of rotatable bonds is 3. The van der Waals surface area contributed by atoms with Crippen LogP contribution in [0.15, 0.2) is 22.1 Å². The third-order valence-corrected chi connectivity index (χ3v) is 3.66. The maximum Gasteiger partial charge on any atom is 0.107 e. The fraction of sp³-hybridized carbons (Fsp3) is 0.200. The number of hydrogen-bond donors (Lipinski definition) is 1. The Kier molecular flexibility index (Phi) is 3.19. The molecular formula is C10H8BrN3S. The molecule has 0 bridgehead atoms. The van der Waals surface area contributed by atoms with Crippen molar-refractivity contribution in [2.45, 2.75) is 12.8 Å². The van der Waals surface area contributed by atoms with Crippen molar-refractivity contribution in [1.29, 1.82) is 5.26 Å².